The number of aromatic nitrogens is 4. The molecule has 1 aliphatic heterocycles. The van der Waals surface area contributed by atoms with Crippen LogP contribution < -0.4 is 11.0 Å². The highest BCUT2D eigenvalue weighted by atomic mass is 16.5. The number of rotatable bonds is 6. The van der Waals surface area contributed by atoms with Gasteiger partial charge in [-0.15, -0.1) is 0 Å². The molecule has 1 N–H and O–H groups in total. The van der Waals surface area contributed by atoms with Crippen molar-refractivity contribution in [3.8, 4) is 0 Å². The van der Waals surface area contributed by atoms with Crippen LogP contribution in [0.1, 0.15) is 56.8 Å². The minimum absolute atomic E-state index is 0.0597. The summed E-state index contributed by atoms with van der Waals surface area (Å²) in [6, 6.07) is 1.91. The van der Waals surface area contributed by atoms with Gasteiger partial charge in [0.2, 0.25) is 0 Å². The molecule has 3 rings (SSSR count). The highest BCUT2D eigenvalue weighted by Gasteiger charge is 2.20. The SMILES string of the molecule is CCn1c(CC2CCNCC2)nn(Cc2cc(C(C)C)on2)c1=O. The van der Waals surface area contributed by atoms with Crippen LogP contribution >= 0.6 is 0 Å². The van der Waals surface area contributed by atoms with Crippen LogP contribution in [0.2, 0.25) is 0 Å². The Labute approximate surface area is 142 Å². The van der Waals surface area contributed by atoms with Gasteiger partial charge in [0.15, 0.2) is 0 Å². The lowest BCUT2D eigenvalue weighted by molar-refractivity contribution is 0.360. The minimum Gasteiger partial charge on any atom is -0.361 e. The van der Waals surface area contributed by atoms with Crippen LogP contribution in [-0.4, -0.2) is 32.6 Å². The highest BCUT2D eigenvalue weighted by molar-refractivity contribution is 5.09. The Kier molecular flexibility index (Phi) is 5.18. The minimum atomic E-state index is -0.0597. The summed E-state index contributed by atoms with van der Waals surface area (Å²) in [5.74, 6) is 2.61. The van der Waals surface area contributed by atoms with Gasteiger partial charge < -0.3 is 9.84 Å². The molecule has 1 fully saturated rings. The zero-order chi connectivity index (χ0) is 17.1. The van der Waals surface area contributed by atoms with E-state index in [1.807, 2.05) is 13.0 Å². The molecular formula is C17H27N5O2. The molecule has 2 aromatic rings. The van der Waals surface area contributed by atoms with Crippen molar-refractivity contribution in [2.45, 2.75) is 59.0 Å². The summed E-state index contributed by atoms with van der Waals surface area (Å²) in [5, 5.41) is 12.0. The lowest BCUT2D eigenvalue weighted by Gasteiger charge is -2.21. The largest absolute Gasteiger partial charge is 0.361 e. The third-order valence-corrected chi connectivity index (χ3v) is 4.70. The standard InChI is InChI=1S/C17H27N5O2/c1-4-21-16(9-13-5-7-18-8-6-13)19-22(17(21)23)11-14-10-15(12(2)3)24-20-14/h10,12-13,18H,4-9,11H2,1-3H3. The van der Waals surface area contributed by atoms with E-state index in [2.05, 4.69) is 29.4 Å². The van der Waals surface area contributed by atoms with Crippen LogP contribution in [0.3, 0.4) is 0 Å². The first-order valence-electron chi connectivity index (χ1n) is 8.91. The summed E-state index contributed by atoms with van der Waals surface area (Å²) < 4.78 is 8.62. The molecule has 0 aromatic carbocycles. The van der Waals surface area contributed by atoms with Crippen molar-refractivity contribution in [1.29, 1.82) is 0 Å². The molecule has 24 heavy (non-hydrogen) atoms. The van der Waals surface area contributed by atoms with Crippen molar-refractivity contribution in [1.82, 2.24) is 24.8 Å². The second-order valence-corrected chi connectivity index (χ2v) is 6.87. The van der Waals surface area contributed by atoms with Gasteiger partial charge in [-0.05, 0) is 38.8 Å². The highest BCUT2D eigenvalue weighted by Crippen LogP contribution is 2.17. The number of hydrogen-bond acceptors (Lipinski definition) is 5. The lowest BCUT2D eigenvalue weighted by atomic mass is 9.94. The van der Waals surface area contributed by atoms with Gasteiger partial charge >= 0.3 is 5.69 Å². The predicted molar refractivity (Wildman–Crippen MR) is 91.2 cm³/mol. The number of nitrogens with one attached hydrogen (secondary N) is 1. The molecule has 0 atom stereocenters. The van der Waals surface area contributed by atoms with E-state index in [1.165, 1.54) is 4.68 Å². The third kappa shape index (κ3) is 3.61. The van der Waals surface area contributed by atoms with E-state index in [1.54, 1.807) is 4.57 Å². The molecule has 7 heteroatoms. The van der Waals surface area contributed by atoms with Gasteiger partial charge in [0.25, 0.3) is 0 Å². The van der Waals surface area contributed by atoms with Gasteiger partial charge in [0.05, 0.1) is 6.54 Å². The fraction of sp³-hybridized carbons (Fsp3) is 0.706. The molecule has 0 amide bonds. The summed E-state index contributed by atoms with van der Waals surface area (Å²) in [5.41, 5.74) is 0.686. The van der Waals surface area contributed by atoms with E-state index in [4.69, 9.17) is 4.52 Å². The van der Waals surface area contributed by atoms with Gasteiger partial charge in [0.1, 0.15) is 17.3 Å². The summed E-state index contributed by atoms with van der Waals surface area (Å²) in [6.07, 6.45) is 3.16. The Morgan fingerprint density at radius 3 is 2.75 bits per heavy atom. The normalized spacial score (nSPS) is 16.2. The third-order valence-electron chi connectivity index (χ3n) is 4.70. The second kappa shape index (κ2) is 7.34. The maximum Gasteiger partial charge on any atom is 0.346 e. The Morgan fingerprint density at radius 1 is 1.38 bits per heavy atom. The molecule has 0 bridgehead atoms. The van der Waals surface area contributed by atoms with Crippen molar-refractivity contribution in [2.75, 3.05) is 13.1 Å². The molecule has 7 nitrogen and oxygen atoms in total. The van der Waals surface area contributed by atoms with Crippen molar-refractivity contribution in [3.63, 3.8) is 0 Å². The van der Waals surface area contributed by atoms with Crippen molar-refractivity contribution in [2.24, 2.45) is 5.92 Å². The summed E-state index contributed by atoms with van der Waals surface area (Å²) in [7, 11) is 0. The molecule has 0 radical (unpaired) electrons. The molecule has 2 aromatic heterocycles. The lowest BCUT2D eigenvalue weighted by Crippen LogP contribution is -2.30. The summed E-state index contributed by atoms with van der Waals surface area (Å²) >= 11 is 0. The van der Waals surface area contributed by atoms with Gasteiger partial charge in [-0.2, -0.15) is 5.10 Å². The first kappa shape index (κ1) is 17.0. The van der Waals surface area contributed by atoms with Crippen molar-refractivity contribution >= 4 is 0 Å². The van der Waals surface area contributed by atoms with Gasteiger partial charge in [-0.1, -0.05) is 19.0 Å². The Bertz CT molecular complexity index is 722. The monoisotopic (exact) mass is 333 g/mol. The Balaban J connectivity index is 1.79. The van der Waals surface area contributed by atoms with Crippen LogP contribution in [0.5, 0.6) is 0 Å². The van der Waals surface area contributed by atoms with Crippen LogP contribution in [0, 0.1) is 5.92 Å². The topological polar surface area (TPSA) is 77.9 Å². The predicted octanol–water partition coefficient (Wildman–Crippen LogP) is 1.77. The van der Waals surface area contributed by atoms with E-state index in [0.29, 0.717) is 19.0 Å². The Hall–Kier alpha value is -1.89. The zero-order valence-electron chi connectivity index (χ0n) is 14.8. The number of hydrogen-bond donors (Lipinski definition) is 1. The maximum absolute atomic E-state index is 12.6. The van der Waals surface area contributed by atoms with E-state index in [0.717, 1.165) is 49.6 Å². The van der Waals surface area contributed by atoms with Crippen LogP contribution in [-0.2, 0) is 19.5 Å². The van der Waals surface area contributed by atoms with Gasteiger partial charge in [-0.3, -0.25) is 4.57 Å². The van der Waals surface area contributed by atoms with Crippen molar-refractivity contribution < 1.29 is 4.52 Å². The molecular weight excluding hydrogens is 306 g/mol. The van der Waals surface area contributed by atoms with E-state index < -0.39 is 0 Å². The van der Waals surface area contributed by atoms with Crippen LogP contribution in [0.4, 0.5) is 0 Å². The molecule has 0 aliphatic carbocycles. The van der Waals surface area contributed by atoms with Crippen molar-refractivity contribution in [3.05, 3.63) is 33.8 Å². The molecule has 0 spiro atoms. The summed E-state index contributed by atoms with van der Waals surface area (Å²) in [4.78, 5) is 12.6. The number of nitrogens with zero attached hydrogens (tertiary/aromatic N) is 4. The zero-order valence-corrected chi connectivity index (χ0v) is 14.8. The molecule has 0 saturated carbocycles. The van der Waals surface area contributed by atoms with E-state index >= 15 is 0 Å². The first-order valence-corrected chi connectivity index (χ1v) is 8.91. The van der Waals surface area contributed by atoms with E-state index in [9.17, 15) is 4.79 Å². The van der Waals surface area contributed by atoms with Gasteiger partial charge in [0, 0.05) is 24.9 Å². The Morgan fingerprint density at radius 2 is 2.12 bits per heavy atom. The van der Waals surface area contributed by atoms with Crippen LogP contribution in [0.25, 0.3) is 0 Å². The first-order chi connectivity index (χ1) is 11.6. The summed E-state index contributed by atoms with van der Waals surface area (Å²) in [6.45, 7) is 9.22. The molecule has 0 unspecified atom stereocenters. The number of piperidine rings is 1. The quantitative estimate of drug-likeness (QED) is 0.871. The van der Waals surface area contributed by atoms with E-state index in [-0.39, 0.29) is 11.6 Å². The molecule has 1 saturated heterocycles. The molecule has 132 valence electrons. The fourth-order valence-electron chi connectivity index (χ4n) is 3.23. The fourth-order valence-corrected chi connectivity index (χ4v) is 3.23. The molecule has 3 heterocycles. The molecule has 1 aliphatic rings. The second-order valence-electron chi connectivity index (χ2n) is 6.87. The maximum atomic E-state index is 12.6. The van der Waals surface area contributed by atoms with Crippen LogP contribution in [0.15, 0.2) is 15.4 Å². The smallest absolute Gasteiger partial charge is 0.346 e. The van der Waals surface area contributed by atoms with Gasteiger partial charge in [-0.25, -0.2) is 9.48 Å². The average Bonchev–Trinajstić information content (AvgIpc) is 3.14. The average molecular weight is 333 g/mol.